The second-order valence-electron chi connectivity index (χ2n) is 6.07. The van der Waals surface area contributed by atoms with Crippen molar-refractivity contribution in [2.24, 2.45) is 5.92 Å². The third kappa shape index (κ3) is 4.43. The molecule has 1 heterocycles. The van der Waals surface area contributed by atoms with Gasteiger partial charge in [0.2, 0.25) is 0 Å². The summed E-state index contributed by atoms with van der Waals surface area (Å²) in [6, 6.07) is 4.01. The average Bonchev–Trinajstić information content (AvgIpc) is 2.48. The van der Waals surface area contributed by atoms with Crippen LogP contribution in [0.5, 0.6) is 0 Å². The molecule has 1 aromatic rings. The van der Waals surface area contributed by atoms with Gasteiger partial charge in [0, 0.05) is 24.9 Å². The number of nitrogens with zero attached hydrogens (tertiary/aromatic N) is 1. The molecule has 5 heteroatoms. The van der Waals surface area contributed by atoms with Crippen molar-refractivity contribution in [2.75, 3.05) is 11.9 Å². The summed E-state index contributed by atoms with van der Waals surface area (Å²) in [5, 5.41) is 15.4. The smallest absolute Gasteiger partial charge is 0.255 e. The normalized spacial score (nSPS) is 22.1. The van der Waals surface area contributed by atoms with Crippen LogP contribution in [-0.4, -0.2) is 34.7 Å². The van der Waals surface area contributed by atoms with Crippen LogP contribution in [0.3, 0.4) is 0 Å². The molecule has 2 rings (SSSR count). The van der Waals surface area contributed by atoms with E-state index in [2.05, 4.69) is 15.6 Å². The van der Waals surface area contributed by atoms with E-state index in [9.17, 15) is 4.79 Å². The highest BCUT2D eigenvalue weighted by Crippen LogP contribution is 2.24. The Bertz CT molecular complexity index is 468. The monoisotopic (exact) mass is 291 g/mol. The molecule has 1 aliphatic carbocycles. The van der Waals surface area contributed by atoms with E-state index in [1.54, 1.807) is 18.3 Å². The fourth-order valence-electron chi connectivity index (χ4n) is 2.73. The Kier molecular flexibility index (Phi) is 5.56. The number of pyridine rings is 1. The van der Waals surface area contributed by atoms with Gasteiger partial charge in [-0.2, -0.15) is 0 Å². The topological polar surface area (TPSA) is 74.2 Å². The van der Waals surface area contributed by atoms with Gasteiger partial charge in [-0.05, 0) is 57.6 Å². The van der Waals surface area contributed by atoms with Gasteiger partial charge in [0.05, 0.1) is 5.56 Å². The molecule has 1 amide bonds. The third-order valence-electron chi connectivity index (χ3n) is 3.92. The largest absolute Gasteiger partial charge is 0.396 e. The predicted octanol–water partition coefficient (Wildman–Crippen LogP) is 2.18. The lowest BCUT2D eigenvalue weighted by Gasteiger charge is -2.28. The standard InChI is InChI=1S/C16H25N3O2/c1-11(2)18-15-14(4-3-9-17-15)16(21)19-13-7-5-12(10-20)6-8-13/h3-4,9,11-13,20H,5-8,10H2,1-2H3,(H,17,18)(H,19,21). The average molecular weight is 291 g/mol. The molecule has 0 atom stereocenters. The Labute approximate surface area is 126 Å². The van der Waals surface area contributed by atoms with Crippen molar-refractivity contribution in [1.29, 1.82) is 0 Å². The minimum Gasteiger partial charge on any atom is -0.396 e. The fraction of sp³-hybridized carbons (Fsp3) is 0.625. The first-order valence-corrected chi connectivity index (χ1v) is 7.73. The second-order valence-corrected chi connectivity index (χ2v) is 6.07. The van der Waals surface area contributed by atoms with Crippen molar-refractivity contribution in [1.82, 2.24) is 10.3 Å². The number of hydrogen-bond donors (Lipinski definition) is 3. The number of aliphatic hydroxyl groups is 1. The van der Waals surface area contributed by atoms with Crippen LogP contribution in [-0.2, 0) is 0 Å². The lowest BCUT2D eigenvalue weighted by atomic mass is 9.86. The van der Waals surface area contributed by atoms with E-state index in [-0.39, 0.29) is 24.6 Å². The molecule has 1 aromatic heterocycles. The highest BCUT2D eigenvalue weighted by atomic mass is 16.3. The molecule has 1 fully saturated rings. The highest BCUT2D eigenvalue weighted by Gasteiger charge is 2.23. The van der Waals surface area contributed by atoms with Gasteiger partial charge >= 0.3 is 0 Å². The maximum absolute atomic E-state index is 12.4. The summed E-state index contributed by atoms with van der Waals surface area (Å²) in [5.74, 6) is 0.961. The van der Waals surface area contributed by atoms with Crippen LogP contribution in [0.15, 0.2) is 18.3 Å². The molecule has 21 heavy (non-hydrogen) atoms. The quantitative estimate of drug-likeness (QED) is 0.777. The second kappa shape index (κ2) is 7.41. The maximum atomic E-state index is 12.4. The SMILES string of the molecule is CC(C)Nc1ncccc1C(=O)NC1CCC(CO)CC1. The number of rotatable bonds is 5. The van der Waals surface area contributed by atoms with Gasteiger partial charge in [-0.25, -0.2) is 4.98 Å². The Morgan fingerprint density at radius 2 is 2.10 bits per heavy atom. The number of amides is 1. The number of anilines is 1. The van der Waals surface area contributed by atoms with E-state index < -0.39 is 0 Å². The van der Waals surface area contributed by atoms with E-state index in [4.69, 9.17) is 5.11 Å². The van der Waals surface area contributed by atoms with Crippen molar-refractivity contribution in [3.8, 4) is 0 Å². The van der Waals surface area contributed by atoms with Crippen molar-refractivity contribution >= 4 is 11.7 Å². The van der Waals surface area contributed by atoms with E-state index in [1.165, 1.54) is 0 Å². The molecule has 0 saturated heterocycles. The summed E-state index contributed by atoms with van der Waals surface area (Å²) < 4.78 is 0. The molecule has 0 aliphatic heterocycles. The molecule has 0 spiro atoms. The van der Waals surface area contributed by atoms with Gasteiger partial charge < -0.3 is 15.7 Å². The highest BCUT2D eigenvalue weighted by molar-refractivity contribution is 5.98. The molecule has 1 saturated carbocycles. The molecule has 0 bridgehead atoms. The molecule has 0 radical (unpaired) electrons. The van der Waals surface area contributed by atoms with Crippen molar-refractivity contribution in [3.63, 3.8) is 0 Å². The first kappa shape index (κ1) is 15.8. The lowest BCUT2D eigenvalue weighted by molar-refractivity contribution is 0.0914. The number of hydrogen-bond acceptors (Lipinski definition) is 4. The summed E-state index contributed by atoms with van der Waals surface area (Å²) in [6.45, 7) is 4.30. The number of carbonyl (C=O) groups excluding carboxylic acids is 1. The molecular formula is C16H25N3O2. The van der Waals surface area contributed by atoms with Crippen LogP contribution in [0.4, 0.5) is 5.82 Å². The zero-order valence-electron chi connectivity index (χ0n) is 12.8. The van der Waals surface area contributed by atoms with Crippen molar-refractivity contribution < 1.29 is 9.90 Å². The first-order valence-electron chi connectivity index (χ1n) is 7.73. The van der Waals surface area contributed by atoms with Gasteiger partial charge in [-0.1, -0.05) is 0 Å². The number of aromatic nitrogens is 1. The zero-order chi connectivity index (χ0) is 15.2. The van der Waals surface area contributed by atoms with Crippen molar-refractivity contribution in [3.05, 3.63) is 23.9 Å². The number of aliphatic hydroxyl groups excluding tert-OH is 1. The zero-order valence-corrected chi connectivity index (χ0v) is 12.8. The Morgan fingerprint density at radius 3 is 2.71 bits per heavy atom. The van der Waals surface area contributed by atoms with Gasteiger partial charge in [0.25, 0.3) is 5.91 Å². The van der Waals surface area contributed by atoms with Crippen LogP contribution < -0.4 is 10.6 Å². The molecule has 116 valence electrons. The minimum absolute atomic E-state index is 0.0706. The van der Waals surface area contributed by atoms with Crippen LogP contribution in [0.1, 0.15) is 49.9 Å². The molecule has 0 aromatic carbocycles. The Balaban J connectivity index is 1.97. The van der Waals surface area contributed by atoms with Gasteiger partial charge in [-0.15, -0.1) is 0 Å². The number of carbonyl (C=O) groups is 1. The molecule has 1 aliphatic rings. The van der Waals surface area contributed by atoms with Crippen LogP contribution >= 0.6 is 0 Å². The minimum atomic E-state index is -0.0706. The van der Waals surface area contributed by atoms with Crippen LogP contribution in [0.25, 0.3) is 0 Å². The maximum Gasteiger partial charge on any atom is 0.255 e. The third-order valence-corrected chi connectivity index (χ3v) is 3.92. The number of nitrogens with one attached hydrogen (secondary N) is 2. The van der Waals surface area contributed by atoms with Crippen LogP contribution in [0.2, 0.25) is 0 Å². The predicted molar refractivity (Wildman–Crippen MR) is 83.3 cm³/mol. The lowest BCUT2D eigenvalue weighted by Crippen LogP contribution is -2.38. The molecular weight excluding hydrogens is 266 g/mol. The van der Waals surface area contributed by atoms with Crippen molar-refractivity contribution in [2.45, 2.75) is 51.6 Å². The van der Waals surface area contributed by atoms with E-state index in [1.807, 2.05) is 13.8 Å². The van der Waals surface area contributed by atoms with Gasteiger partial charge in [0.1, 0.15) is 5.82 Å². The Morgan fingerprint density at radius 1 is 1.38 bits per heavy atom. The summed E-state index contributed by atoms with van der Waals surface area (Å²) in [7, 11) is 0. The van der Waals surface area contributed by atoms with E-state index in [0.717, 1.165) is 25.7 Å². The Hall–Kier alpha value is -1.62. The molecule has 3 N–H and O–H groups in total. The summed E-state index contributed by atoms with van der Waals surface area (Å²) in [6.07, 6.45) is 5.51. The fourth-order valence-corrected chi connectivity index (χ4v) is 2.73. The summed E-state index contributed by atoms with van der Waals surface area (Å²) >= 11 is 0. The van der Waals surface area contributed by atoms with Gasteiger partial charge in [-0.3, -0.25) is 4.79 Å². The first-order chi connectivity index (χ1) is 10.1. The van der Waals surface area contributed by atoms with Gasteiger partial charge in [0.15, 0.2) is 0 Å². The molecule has 5 nitrogen and oxygen atoms in total. The summed E-state index contributed by atoms with van der Waals surface area (Å²) in [4.78, 5) is 16.7. The molecule has 0 unspecified atom stereocenters. The van der Waals surface area contributed by atoms with Crippen LogP contribution in [0, 0.1) is 5.92 Å². The summed E-state index contributed by atoms with van der Waals surface area (Å²) in [5.41, 5.74) is 0.593. The van der Waals surface area contributed by atoms with E-state index in [0.29, 0.717) is 17.3 Å². The van der Waals surface area contributed by atoms with E-state index >= 15 is 0 Å².